The summed E-state index contributed by atoms with van der Waals surface area (Å²) < 4.78 is 0. The van der Waals surface area contributed by atoms with Gasteiger partial charge in [0.25, 0.3) is 0 Å². The van der Waals surface area contributed by atoms with E-state index in [1.54, 1.807) is 109 Å². The summed E-state index contributed by atoms with van der Waals surface area (Å²) in [4.78, 5) is 35.4. The van der Waals surface area contributed by atoms with Crippen LogP contribution in [0.1, 0.15) is 47.8 Å². The average molecular weight is 729 g/mol. The molecule has 0 aliphatic heterocycles. The van der Waals surface area contributed by atoms with Crippen molar-refractivity contribution in [3.63, 3.8) is 0 Å². The summed E-state index contributed by atoms with van der Waals surface area (Å²) in [6, 6.07) is 53.6. The number of aliphatic hydroxyl groups is 3. The van der Waals surface area contributed by atoms with Crippen LogP contribution in [0.15, 0.2) is 200 Å². The largest absolute Gasteiger partial charge is 0.507 e. The summed E-state index contributed by atoms with van der Waals surface area (Å²) in [5, 5.41) is 29.4. The molecule has 0 spiro atoms. The van der Waals surface area contributed by atoms with E-state index in [4.69, 9.17) is 0 Å². The van der Waals surface area contributed by atoms with Gasteiger partial charge in [-0.3, -0.25) is 14.4 Å². The van der Waals surface area contributed by atoms with Crippen molar-refractivity contribution in [2.45, 2.75) is 0 Å². The summed E-state index contributed by atoms with van der Waals surface area (Å²) >= 11 is 0. The molecule has 0 bridgehead atoms. The zero-order valence-electron chi connectivity index (χ0n) is 28.0. The van der Waals surface area contributed by atoms with Crippen LogP contribution in [0.2, 0.25) is 0 Å². The van der Waals surface area contributed by atoms with Crippen molar-refractivity contribution in [3.05, 3.63) is 234 Å². The number of aliphatic hydroxyl groups excluding tert-OH is 3. The summed E-state index contributed by atoms with van der Waals surface area (Å²) in [6.45, 7) is 0. The van der Waals surface area contributed by atoms with E-state index in [0.29, 0.717) is 33.4 Å². The second kappa shape index (κ2) is 21.5. The molecule has 0 aliphatic carbocycles. The van der Waals surface area contributed by atoms with E-state index in [-0.39, 0.29) is 51.7 Å². The predicted octanol–water partition coefficient (Wildman–Crippen LogP) is 10.4. The Kier molecular flexibility index (Phi) is 16.5. The Morgan fingerprint density at radius 3 is 0.615 bits per heavy atom. The standard InChI is InChI=1S/3C15H12O2.Fe/c3*16-14(12-7-3-1-4-8-12)11-15(17)13-9-5-2-6-10-13;/h3*1-11,16H;/b2*14-11+;14-11-;. The molecule has 6 rings (SSSR count). The smallest absolute Gasteiger partial charge is 0.189 e. The van der Waals surface area contributed by atoms with Gasteiger partial charge in [0.2, 0.25) is 0 Å². The Morgan fingerprint density at radius 1 is 0.288 bits per heavy atom. The van der Waals surface area contributed by atoms with Crippen LogP contribution in [-0.2, 0) is 17.1 Å². The number of allylic oxidation sites excluding steroid dienone is 3. The van der Waals surface area contributed by atoms with Crippen LogP contribution in [0.5, 0.6) is 0 Å². The van der Waals surface area contributed by atoms with E-state index >= 15 is 0 Å². The average Bonchev–Trinajstić information content (AvgIpc) is 3.20. The first kappa shape index (κ1) is 39.9. The maximum absolute atomic E-state index is 11.8. The first-order chi connectivity index (χ1) is 24.8. The van der Waals surface area contributed by atoms with Gasteiger partial charge >= 0.3 is 0 Å². The minimum absolute atomic E-state index is 0. The minimum atomic E-state index is -0.202. The van der Waals surface area contributed by atoms with Crippen molar-refractivity contribution in [2.24, 2.45) is 0 Å². The number of carbonyl (C=O) groups is 3. The number of rotatable bonds is 9. The van der Waals surface area contributed by atoms with Gasteiger partial charge in [-0.25, -0.2) is 0 Å². The molecule has 3 N–H and O–H groups in total. The Bertz CT molecular complexity index is 1830. The third-order valence-corrected chi connectivity index (χ3v) is 7.19. The monoisotopic (exact) mass is 728 g/mol. The van der Waals surface area contributed by atoms with Crippen molar-refractivity contribution in [1.29, 1.82) is 0 Å². The van der Waals surface area contributed by atoms with Gasteiger partial charge in [-0.1, -0.05) is 182 Å². The van der Waals surface area contributed by atoms with Crippen LogP contribution in [0.25, 0.3) is 17.3 Å². The normalized spacial score (nSPS) is 11.0. The Morgan fingerprint density at radius 2 is 0.442 bits per heavy atom. The number of hydrogen-bond acceptors (Lipinski definition) is 6. The van der Waals surface area contributed by atoms with E-state index in [9.17, 15) is 29.7 Å². The molecule has 0 aromatic heterocycles. The predicted molar refractivity (Wildman–Crippen MR) is 203 cm³/mol. The summed E-state index contributed by atoms with van der Waals surface area (Å²) in [6.07, 6.45) is 3.72. The number of hydrogen-bond donors (Lipinski definition) is 3. The summed E-state index contributed by atoms with van der Waals surface area (Å²) in [5.41, 5.74) is 3.60. The molecule has 6 aromatic rings. The Balaban J connectivity index is 0.000000208. The third-order valence-electron chi connectivity index (χ3n) is 7.19. The van der Waals surface area contributed by atoms with Gasteiger partial charge in [-0.15, -0.1) is 0 Å². The van der Waals surface area contributed by atoms with Crippen LogP contribution in [0.3, 0.4) is 0 Å². The van der Waals surface area contributed by atoms with Crippen LogP contribution in [0, 0.1) is 0 Å². The molecule has 6 aromatic carbocycles. The Hall–Kier alpha value is -6.53. The van der Waals surface area contributed by atoms with E-state index in [1.165, 1.54) is 18.2 Å². The first-order valence-electron chi connectivity index (χ1n) is 16.0. The number of carbonyl (C=O) groups excluding carboxylic acids is 3. The second-order valence-corrected chi connectivity index (χ2v) is 10.9. The topological polar surface area (TPSA) is 112 Å². The number of ketones is 3. The molecule has 0 unspecified atom stereocenters. The molecule has 0 amide bonds. The molecule has 7 heteroatoms. The maximum Gasteiger partial charge on any atom is 0.189 e. The van der Waals surface area contributed by atoms with Crippen molar-refractivity contribution in [1.82, 2.24) is 0 Å². The van der Waals surface area contributed by atoms with E-state index in [2.05, 4.69) is 0 Å². The molecule has 260 valence electrons. The molecule has 0 heterocycles. The minimum Gasteiger partial charge on any atom is -0.507 e. The zero-order chi connectivity index (χ0) is 36.3. The van der Waals surface area contributed by atoms with Crippen molar-refractivity contribution in [2.75, 3.05) is 0 Å². The Labute approximate surface area is 313 Å². The molecule has 0 saturated carbocycles. The van der Waals surface area contributed by atoms with Crippen molar-refractivity contribution in [3.8, 4) is 0 Å². The van der Waals surface area contributed by atoms with Crippen LogP contribution >= 0.6 is 0 Å². The fraction of sp³-hybridized carbons (Fsp3) is 0. The summed E-state index contributed by atoms with van der Waals surface area (Å²) in [7, 11) is 0. The van der Waals surface area contributed by atoms with Crippen molar-refractivity contribution >= 4 is 34.6 Å². The van der Waals surface area contributed by atoms with Gasteiger partial charge in [-0.2, -0.15) is 0 Å². The molecular formula is C45H36FeO6. The van der Waals surface area contributed by atoms with Crippen molar-refractivity contribution < 1.29 is 46.8 Å². The second-order valence-electron chi connectivity index (χ2n) is 10.9. The van der Waals surface area contributed by atoms with Gasteiger partial charge in [0.15, 0.2) is 17.3 Å². The van der Waals surface area contributed by atoms with Crippen LogP contribution in [0.4, 0.5) is 0 Å². The van der Waals surface area contributed by atoms with Gasteiger partial charge in [0.1, 0.15) is 17.3 Å². The molecular weight excluding hydrogens is 692 g/mol. The SMILES string of the molecule is O=C(/C=C(/O)c1ccccc1)c1ccccc1.O=C(/C=C(/O)c1ccccc1)c1ccccc1.O=C(/C=C(\O)c1ccccc1)c1ccccc1.[Fe]. The molecule has 6 nitrogen and oxygen atoms in total. The quantitative estimate of drug-likeness (QED) is 0.0591. The fourth-order valence-corrected chi connectivity index (χ4v) is 4.51. The third kappa shape index (κ3) is 13.1. The van der Waals surface area contributed by atoms with Gasteiger partial charge < -0.3 is 15.3 Å². The first-order valence-corrected chi connectivity index (χ1v) is 16.0. The van der Waals surface area contributed by atoms with E-state index in [0.717, 1.165) is 0 Å². The zero-order valence-corrected chi connectivity index (χ0v) is 29.1. The maximum atomic E-state index is 11.8. The fourth-order valence-electron chi connectivity index (χ4n) is 4.51. The van der Waals surface area contributed by atoms with Gasteiger partial charge in [0, 0.05) is 68.7 Å². The van der Waals surface area contributed by atoms with Gasteiger partial charge in [-0.05, 0) is 0 Å². The molecule has 0 aliphatic rings. The molecule has 0 atom stereocenters. The van der Waals surface area contributed by atoms with E-state index in [1.807, 2.05) is 72.8 Å². The molecule has 0 saturated heterocycles. The van der Waals surface area contributed by atoms with Crippen LogP contribution in [-0.4, -0.2) is 32.7 Å². The molecule has 0 radical (unpaired) electrons. The van der Waals surface area contributed by atoms with Crippen LogP contribution < -0.4 is 0 Å². The molecule has 52 heavy (non-hydrogen) atoms. The van der Waals surface area contributed by atoms with E-state index < -0.39 is 0 Å². The number of benzene rings is 6. The summed E-state index contributed by atoms with van der Waals surface area (Å²) in [5.74, 6) is -0.649. The molecule has 0 fully saturated rings. The van der Waals surface area contributed by atoms with Gasteiger partial charge in [0.05, 0.1) is 0 Å².